The van der Waals surface area contributed by atoms with Crippen LogP contribution < -0.4 is 10.3 Å². The SMILES string of the molecule is CCCCc1nc2ccc(Br)cc2c(=O)n1N=Cc1ccc(OC(C)=O)c(Cl)c1. The van der Waals surface area contributed by atoms with Crippen molar-refractivity contribution in [1.82, 2.24) is 9.66 Å². The summed E-state index contributed by atoms with van der Waals surface area (Å²) >= 11 is 9.55. The number of esters is 1. The maximum absolute atomic E-state index is 13.0. The molecule has 150 valence electrons. The summed E-state index contributed by atoms with van der Waals surface area (Å²) in [6.07, 6.45) is 4.05. The number of aromatic nitrogens is 2. The Hall–Kier alpha value is -2.51. The Kier molecular flexibility index (Phi) is 6.82. The van der Waals surface area contributed by atoms with Crippen LogP contribution in [0.1, 0.15) is 38.1 Å². The van der Waals surface area contributed by atoms with Gasteiger partial charge in [0.1, 0.15) is 11.6 Å². The van der Waals surface area contributed by atoms with Crippen molar-refractivity contribution >= 4 is 50.6 Å². The van der Waals surface area contributed by atoms with E-state index in [1.165, 1.54) is 17.8 Å². The molecule has 0 atom stereocenters. The van der Waals surface area contributed by atoms with Crippen molar-refractivity contribution in [2.75, 3.05) is 0 Å². The number of rotatable bonds is 6. The van der Waals surface area contributed by atoms with E-state index in [4.69, 9.17) is 16.3 Å². The number of fused-ring (bicyclic) bond motifs is 1. The van der Waals surface area contributed by atoms with E-state index < -0.39 is 5.97 Å². The Morgan fingerprint density at radius 1 is 1.31 bits per heavy atom. The first-order chi connectivity index (χ1) is 13.9. The fraction of sp³-hybridized carbons (Fsp3) is 0.238. The van der Waals surface area contributed by atoms with Gasteiger partial charge in [-0.2, -0.15) is 9.78 Å². The molecule has 2 aromatic carbocycles. The second-order valence-corrected chi connectivity index (χ2v) is 7.76. The van der Waals surface area contributed by atoms with Gasteiger partial charge in [-0.15, -0.1) is 0 Å². The zero-order chi connectivity index (χ0) is 21.0. The zero-order valence-corrected chi connectivity index (χ0v) is 18.3. The van der Waals surface area contributed by atoms with Crippen LogP contribution in [0.15, 0.2) is 50.8 Å². The molecule has 3 aromatic rings. The Labute approximate surface area is 181 Å². The molecule has 0 fully saturated rings. The van der Waals surface area contributed by atoms with Gasteiger partial charge in [-0.1, -0.05) is 40.9 Å². The van der Waals surface area contributed by atoms with Crippen LogP contribution in [0.5, 0.6) is 5.75 Å². The lowest BCUT2D eigenvalue weighted by atomic mass is 10.2. The van der Waals surface area contributed by atoms with E-state index in [0.717, 1.165) is 17.3 Å². The molecule has 0 bridgehead atoms. The Bertz CT molecular complexity index is 1160. The van der Waals surface area contributed by atoms with Gasteiger partial charge in [0.05, 0.1) is 22.1 Å². The van der Waals surface area contributed by atoms with Gasteiger partial charge < -0.3 is 4.74 Å². The first-order valence-electron chi connectivity index (χ1n) is 9.12. The number of benzene rings is 2. The van der Waals surface area contributed by atoms with Gasteiger partial charge in [0.25, 0.3) is 5.56 Å². The van der Waals surface area contributed by atoms with E-state index in [0.29, 0.717) is 28.7 Å². The summed E-state index contributed by atoms with van der Waals surface area (Å²) in [4.78, 5) is 28.8. The molecule has 0 unspecified atom stereocenters. The first kappa shape index (κ1) is 21.2. The smallest absolute Gasteiger partial charge is 0.308 e. The van der Waals surface area contributed by atoms with E-state index >= 15 is 0 Å². The van der Waals surface area contributed by atoms with E-state index in [-0.39, 0.29) is 16.3 Å². The highest BCUT2D eigenvalue weighted by Gasteiger charge is 2.11. The second kappa shape index (κ2) is 9.33. The van der Waals surface area contributed by atoms with Crippen LogP contribution in [-0.4, -0.2) is 21.8 Å². The summed E-state index contributed by atoms with van der Waals surface area (Å²) in [5.41, 5.74) is 1.07. The highest BCUT2D eigenvalue weighted by Crippen LogP contribution is 2.25. The molecule has 0 saturated heterocycles. The fourth-order valence-corrected chi connectivity index (χ4v) is 3.36. The van der Waals surface area contributed by atoms with Crippen molar-refractivity contribution in [2.24, 2.45) is 5.10 Å². The molecule has 6 nitrogen and oxygen atoms in total. The maximum Gasteiger partial charge on any atom is 0.308 e. The van der Waals surface area contributed by atoms with Gasteiger partial charge in [0.2, 0.25) is 0 Å². The van der Waals surface area contributed by atoms with E-state index in [2.05, 4.69) is 32.9 Å². The molecule has 0 amide bonds. The molecular formula is C21H19BrClN3O3. The molecule has 8 heteroatoms. The lowest BCUT2D eigenvalue weighted by Gasteiger charge is -2.09. The molecule has 0 radical (unpaired) electrons. The molecule has 0 aliphatic heterocycles. The van der Waals surface area contributed by atoms with Crippen LogP contribution >= 0.6 is 27.5 Å². The van der Waals surface area contributed by atoms with Crippen LogP contribution in [0.25, 0.3) is 10.9 Å². The summed E-state index contributed by atoms with van der Waals surface area (Å²) in [5.74, 6) is 0.425. The predicted molar refractivity (Wildman–Crippen MR) is 118 cm³/mol. The summed E-state index contributed by atoms with van der Waals surface area (Å²) in [5, 5.41) is 5.14. The molecule has 0 spiro atoms. The number of hydrogen-bond donors (Lipinski definition) is 0. The molecular weight excluding hydrogens is 458 g/mol. The number of carbonyl (C=O) groups is 1. The Morgan fingerprint density at radius 2 is 2.10 bits per heavy atom. The Morgan fingerprint density at radius 3 is 2.79 bits per heavy atom. The lowest BCUT2D eigenvalue weighted by molar-refractivity contribution is -0.131. The normalized spacial score (nSPS) is 11.3. The summed E-state index contributed by atoms with van der Waals surface area (Å²) in [6, 6.07) is 10.3. The van der Waals surface area contributed by atoms with Crippen molar-refractivity contribution in [3.8, 4) is 5.75 Å². The van der Waals surface area contributed by atoms with E-state index in [1.54, 1.807) is 24.3 Å². The third-order valence-corrected chi connectivity index (χ3v) is 4.95. The number of hydrogen-bond acceptors (Lipinski definition) is 5. The van der Waals surface area contributed by atoms with Gasteiger partial charge >= 0.3 is 5.97 Å². The second-order valence-electron chi connectivity index (χ2n) is 6.44. The number of nitrogens with zero attached hydrogens (tertiary/aromatic N) is 3. The van der Waals surface area contributed by atoms with Crippen molar-refractivity contribution in [2.45, 2.75) is 33.1 Å². The largest absolute Gasteiger partial charge is 0.425 e. The van der Waals surface area contributed by atoms with Gasteiger partial charge in [0, 0.05) is 17.8 Å². The molecule has 3 rings (SSSR count). The highest BCUT2D eigenvalue weighted by atomic mass is 79.9. The quantitative estimate of drug-likeness (QED) is 0.286. The topological polar surface area (TPSA) is 73.6 Å². The third kappa shape index (κ3) is 5.10. The fourth-order valence-electron chi connectivity index (χ4n) is 2.77. The maximum atomic E-state index is 13.0. The highest BCUT2D eigenvalue weighted by molar-refractivity contribution is 9.10. The zero-order valence-electron chi connectivity index (χ0n) is 16.0. The van der Waals surface area contributed by atoms with Crippen LogP contribution in [-0.2, 0) is 11.2 Å². The van der Waals surface area contributed by atoms with Gasteiger partial charge in [-0.05, 0) is 48.4 Å². The van der Waals surface area contributed by atoms with Crippen LogP contribution in [0.4, 0.5) is 0 Å². The average molecular weight is 477 g/mol. The minimum absolute atomic E-state index is 0.235. The molecule has 0 aliphatic rings. The van der Waals surface area contributed by atoms with Crippen molar-refractivity contribution < 1.29 is 9.53 Å². The first-order valence-corrected chi connectivity index (χ1v) is 10.3. The van der Waals surface area contributed by atoms with Gasteiger partial charge in [-0.25, -0.2) is 4.98 Å². The standard InChI is InChI=1S/C21H19BrClN3O3/c1-3-4-5-20-25-18-8-7-15(22)11-16(18)21(28)26(20)24-12-14-6-9-19(17(23)10-14)29-13(2)27/h6-12H,3-5H2,1-2H3. The van der Waals surface area contributed by atoms with Crippen molar-refractivity contribution in [1.29, 1.82) is 0 Å². The number of unbranched alkanes of at least 4 members (excludes halogenated alkanes) is 1. The molecule has 0 saturated carbocycles. The summed E-state index contributed by atoms with van der Waals surface area (Å²) in [7, 11) is 0. The number of carbonyl (C=O) groups excluding carboxylic acids is 1. The minimum atomic E-state index is -0.450. The third-order valence-electron chi connectivity index (χ3n) is 4.16. The average Bonchev–Trinajstić information content (AvgIpc) is 2.68. The lowest BCUT2D eigenvalue weighted by Crippen LogP contribution is -2.22. The number of ether oxygens (including phenoxy) is 1. The minimum Gasteiger partial charge on any atom is -0.425 e. The molecule has 1 aromatic heterocycles. The Balaban J connectivity index is 2.03. The van der Waals surface area contributed by atoms with Crippen LogP contribution in [0, 0.1) is 0 Å². The van der Waals surface area contributed by atoms with Gasteiger partial charge in [0.15, 0.2) is 0 Å². The van der Waals surface area contributed by atoms with Crippen molar-refractivity contribution in [3.05, 3.63) is 67.6 Å². The predicted octanol–water partition coefficient (Wildman–Crippen LogP) is 4.96. The monoisotopic (exact) mass is 475 g/mol. The summed E-state index contributed by atoms with van der Waals surface area (Å²) in [6.45, 7) is 3.39. The van der Waals surface area contributed by atoms with Gasteiger partial charge in [-0.3, -0.25) is 9.59 Å². The van der Waals surface area contributed by atoms with Crippen LogP contribution in [0.3, 0.4) is 0 Å². The van der Waals surface area contributed by atoms with Crippen LogP contribution in [0.2, 0.25) is 5.02 Å². The molecule has 1 heterocycles. The number of halogens is 2. The molecule has 0 aliphatic carbocycles. The molecule has 29 heavy (non-hydrogen) atoms. The summed E-state index contributed by atoms with van der Waals surface area (Å²) < 4.78 is 7.15. The molecule has 0 N–H and O–H groups in total. The van der Waals surface area contributed by atoms with Crippen molar-refractivity contribution in [3.63, 3.8) is 0 Å². The van der Waals surface area contributed by atoms with E-state index in [1.807, 2.05) is 12.1 Å². The number of aryl methyl sites for hydroxylation is 1. The van der Waals surface area contributed by atoms with E-state index in [9.17, 15) is 9.59 Å².